The standard InChI is InChI=1S/C28H25N3O3S/c1-2-34-27(33)28(30,16-19-7-4-3-5-8-19)21-11-14-24-20(15-21)9-6-10-25(24)26(32)31-18-23-13-12-22(17-29)35-23/h3-15H,2,16,18,30H2,1H3,(H,31,32). The van der Waals surface area contributed by atoms with Gasteiger partial charge in [-0.1, -0.05) is 54.6 Å². The summed E-state index contributed by atoms with van der Waals surface area (Å²) in [4.78, 5) is 27.5. The highest BCUT2D eigenvalue weighted by Gasteiger charge is 2.38. The molecule has 4 aromatic rings. The van der Waals surface area contributed by atoms with Crippen molar-refractivity contribution in [1.29, 1.82) is 5.26 Å². The predicted molar refractivity (Wildman–Crippen MR) is 137 cm³/mol. The Morgan fingerprint density at radius 3 is 2.57 bits per heavy atom. The highest BCUT2D eigenvalue weighted by atomic mass is 32.1. The molecule has 35 heavy (non-hydrogen) atoms. The zero-order valence-corrected chi connectivity index (χ0v) is 20.1. The van der Waals surface area contributed by atoms with Gasteiger partial charge in [-0.25, -0.2) is 4.79 Å². The van der Waals surface area contributed by atoms with Crippen LogP contribution < -0.4 is 11.1 Å². The van der Waals surface area contributed by atoms with Crippen LogP contribution in [-0.2, 0) is 28.0 Å². The number of hydrogen-bond acceptors (Lipinski definition) is 6. The van der Waals surface area contributed by atoms with Gasteiger partial charge in [0.05, 0.1) is 13.2 Å². The van der Waals surface area contributed by atoms with Crippen LogP contribution in [0.4, 0.5) is 0 Å². The van der Waals surface area contributed by atoms with Gasteiger partial charge in [-0.2, -0.15) is 5.26 Å². The Bertz CT molecular complexity index is 1410. The molecule has 0 spiro atoms. The number of carbonyl (C=O) groups excluding carboxylic acids is 2. The number of fused-ring (bicyclic) bond motifs is 1. The fourth-order valence-electron chi connectivity index (χ4n) is 4.02. The number of rotatable bonds is 8. The molecule has 1 aromatic heterocycles. The maximum atomic E-state index is 13.0. The number of nitriles is 1. The van der Waals surface area contributed by atoms with Gasteiger partial charge in [0, 0.05) is 16.9 Å². The van der Waals surface area contributed by atoms with Gasteiger partial charge >= 0.3 is 5.97 Å². The van der Waals surface area contributed by atoms with Crippen LogP contribution in [0.1, 0.15) is 38.2 Å². The summed E-state index contributed by atoms with van der Waals surface area (Å²) in [5, 5.41) is 13.5. The van der Waals surface area contributed by atoms with E-state index in [4.69, 9.17) is 15.7 Å². The van der Waals surface area contributed by atoms with E-state index in [1.54, 1.807) is 31.2 Å². The lowest BCUT2D eigenvalue weighted by atomic mass is 9.83. The molecule has 0 aliphatic carbocycles. The summed E-state index contributed by atoms with van der Waals surface area (Å²) in [5.41, 5.74) is 7.41. The van der Waals surface area contributed by atoms with Crippen LogP contribution in [0.2, 0.25) is 0 Å². The number of esters is 1. The molecule has 0 fully saturated rings. The number of ether oxygens (including phenoxy) is 1. The molecule has 0 aliphatic rings. The van der Waals surface area contributed by atoms with Crippen molar-refractivity contribution in [3.8, 4) is 6.07 Å². The third-order valence-corrected chi connectivity index (χ3v) is 6.79. The van der Waals surface area contributed by atoms with Crippen LogP contribution in [0, 0.1) is 11.3 Å². The van der Waals surface area contributed by atoms with Gasteiger partial charge in [0.2, 0.25) is 0 Å². The van der Waals surface area contributed by atoms with Gasteiger partial charge in [-0.05, 0) is 53.1 Å². The fourth-order valence-corrected chi connectivity index (χ4v) is 4.77. The van der Waals surface area contributed by atoms with Crippen molar-refractivity contribution in [2.45, 2.75) is 25.4 Å². The van der Waals surface area contributed by atoms with E-state index in [0.29, 0.717) is 22.5 Å². The Hall–Kier alpha value is -3.99. The Balaban J connectivity index is 1.64. The smallest absolute Gasteiger partial charge is 0.331 e. The molecular formula is C28H25N3O3S. The summed E-state index contributed by atoms with van der Waals surface area (Å²) < 4.78 is 5.34. The maximum absolute atomic E-state index is 13.0. The Morgan fingerprint density at radius 2 is 1.86 bits per heavy atom. The topological polar surface area (TPSA) is 105 Å². The minimum Gasteiger partial charge on any atom is -0.464 e. The van der Waals surface area contributed by atoms with Crippen molar-refractivity contribution in [1.82, 2.24) is 5.32 Å². The van der Waals surface area contributed by atoms with Crippen molar-refractivity contribution in [2.24, 2.45) is 5.73 Å². The van der Waals surface area contributed by atoms with E-state index in [1.165, 1.54) is 11.3 Å². The van der Waals surface area contributed by atoms with Gasteiger partial charge in [0.15, 0.2) is 0 Å². The van der Waals surface area contributed by atoms with Crippen LogP contribution in [0.3, 0.4) is 0 Å². The lowest BCUT2D eigenvalue weighted by Gasteiger charge is -2.28. The number of amides is 1. The zero-order chi connectivity index (χ0) is 24.8. The van der Waals surface area contributed by atoms with Gasteiger partial charge in [-0.3, -0.25) is 4.79 Å². The lowest BCUT2D eigenvalue weighted by Crippen LogP contribution is -2.48. The number of thiophene rings is 1. The summed E-state index contributed by atoms with van der Waals surface area (Å²) in [6.45, 7) is 2.32. The molecule has 1 heterocycles. The first kappa shape index (κ1) is 24.1. The molecule has 1 atom stereocenters. The lowest BCUT2D eigenvalue weighted by molar-refractivity contribution is -0.150. The number of carbonyl (C=O) groups is 2. The Morgan fingerprint density at radius 1 is 1.06 bits per heavy atom. The molecule has 0 aliphatic heterocycles. The zero-order valence-electron chi connectivity index (χ0n) is 19.3. The highest BCUT2D eigenvalue weighted by Crippen LogP contribution is 2.29. The fraction of sp³-hybridized carbons (Fsp3) is 0.179. The molecule has 176 valence electrons. The number of nitrogens with zero attached hydrogens (tertiary/aromatic N) is 1. The van der Waals surface area contributed by atoms with Gasteiger partial charge in [0.25, 0.3) is 5.91 Å². The molecule has 7 heteroatoms. The molecule has 0 saturated heterocycles. The first-order valence-corrected chi connectivity index (χ1v) is 12.1. The summed E-state index contributed by atoms with van der Waals surface area (Å²) in [5.74, 6) is -0.714. The number of benzene rings is 3. The molecule has 3 aromatic carbocycles. The molecule has 0 radical (unpaired) electrons. The molecule has 6 nitrogen and oxygen atoms in total. The van der Waals surface area contributed by atoms with Crippen LogP contribution in [0.25, 0.3) is 10.8 Å². The average Bonchev–Trinajstić information content (AvgIpc) is 3.35. The first-order chi connectivity index (χ1) is 16.9. The van der Waals surface area contributed by atoms with E-state index in [0.717, 1.165) is 21.2 Å². The molecule has 3 N–H and O–H groups in total. The minimum atomic E-state index is -1.37. The van der Waals surface area contributed by atoms with Crippen LogP contribution >= 0.6 is 11.3 Å². The van der Waals surface area contributed by atoms with E-state index in [2.05, 4.69) is 11.4 Å². The molecule has 1 amide bonds. The molecule has 4 rings (SSSR count). The number of nitrogens with one attached hydrogen (secondary N) is 1. The summed E-state index contributed by atoms with van der Waals surface area (Å²) in [6.07, 6.45) is 0.282. The molecular weight excluding hydrogens is 458 g/mol. The van der Waals surface area contributed by atoms with Crippen LogP contribution in [0.15, 0.2) is 78.9 Å². The monoisotopic (exact) mass is 483 g/mol. The van der Waals surface area contributed by atoms with Crippen LogP contribution in [0.5, 0.6) is 0 Å². The predicted octanol–water partition coefficient (Wildman–Crippen LogP) is 4.66. The van der Waals surface area contributed by atoms with E-state index in [-0.39, 0.29) is 18.9 Å². The van der Waals surface area contributed by atoms with E-state index < -0.39 is 11.5 Å². The van der Waals surface area contributed by atoms with Crippen molar-refractivity contribution in [3.63, 3.8) is 0 Å². The van der Waals surface area contributed by atoms with Crippen molar-refractivity contribution >= 4 is 34.0 Å². The third kappa shape index (κ3) is 5.24. The largest absolute Gasteiger partial charge is 0.464 e. The van der Waals surface area contributed by atoms with Gasteiger partial charge in [0.1, 0.15) is 16.5 Å². The van der Waals surface area contributed by atoms with Crippen LogP contribution in [-0.4, -0.2) is 18.5 Å². The van der Waals surface area contributed by atoms with Gasteiger partial charge in [-0.15, -0.1) is 11.3 Å². The normalized spacial score (nSPS) is 12.5. The highest BCUT2D eigenvalue weighted by molar-refractivity contribution is 7.12. The van der Waals surface area contributed by atoms with Crippen molar-refractivity contribution in [3.05, 3.63) is 105 Å². The Kier molecular flexibility index (Phi) is 7.25. The first-order valence-electron chi connectivity index (χ1n) is 11.2. The summed E-state index contributed by atoms with van der Waals surface area (Å²) >= 11 is 1.35. The second-order valence-electron chi connectivity index (χ2n) is 8.16. The molecule has 0 bridgehead atoms. The van der Waals surface area contributed by atoms with Crippen molar-refractivity contribution < 1.29 is 14.3 Å². The SMILES string of the molecule is CCOC(=O)C(N)(Cc1ccccc1)c1ccc2c(C(=O)NCc3ccc(C#N)s3)cccc2c1. The quantitative estimate of drug-likeness (QED) is 0.355. The molecule has 0 saturated carbocycles. The third-order valence-electron chi connectivity index (χ3n) is 5.80. The van der Waals surface area contributed by atoms with Gasteiger partial charge < -0.3 is 15.8 Å². The number of nitrogens with two attached hydrogens (primary N) is 1. The number of hydrogen-bond donors (Lipinski definition) is 2. The second kappa shape index (κ2) is 10.5. The maximum Gasteiger partial charge on any atom is 0.331 e. The van der Waals surface area contributed by atoms with E-state index >= 15 is 0 Å². The van der Waals surface area contributed by atoms with E-state index in [1.807, 2.05) is 54.6 Å². The summed E-state index contributed by atoms with van der Waals surface area (Å²) in [7, 11) is 0. The van der Waals surface area contributed by atoms with E-state index in [9.17, 15) is 9.59 Å². The van der Waals surface area contributed by atoms with Crippen molar-refractivity contribution in [2.75, 3.05) is 6.61 Å². The Labute approximate surface area is 208 Å². The average molecular weight is 484 g/mol. The summed E-state index contributed by atoms with van der Waals surface area (Å²) in [6, 6.07) is 26.2. The minimum absolute atomic E-state index is 0.219. The molecule has 1 unspecified atom stereocenters. The second-order valence-corrected chi connectivity index (χ2v) is 9.32.